The lowest BCUT2D eigenvalue weighted by Gasteiger charge is -2.20. The van der Waals surface area contributed by atoms with Crippen molar-refractivity contribution in [2.45, 2.75) is 57.5 Å². The Bertz CT molecular complexity index is 508. The van der Waals surface area contributed by atoms with Crippen LogP contribution in [0.3, 0.4) is 0 Å². The molecule has 4 nitrogen and oxygen atoms in total. The Labute approximate surface area is 136 Å². The molecule has 0 unspecified atom stereocenters. The van der Waals surface area contributed by atoms with E-state index in [-0.39, 0.29) is 17.9 Å². The number of carbonyl (C=O) groups is 2. The van der Waals surface area contributed by atoms with Gasteiger partial charge in [0.25, 0.3) is 5.91 Å². The standard InChI is InChI=1S/C17H23ClN2O2/c1-12(16(21)20-15-6-4-2-3-5-7-15)19-17(22)13-8-10-14(18)11-9-13/h8-12,15H,2-7H2,1H3,(H,19,22)(H,20,21)/t12-/m1/s1. The van der Waals surface area contributed by atoms with Crippen LogP contribution in [0.4, 0.5) is 0 Å². The number of hydrogen-bond acceptors (Lipinski definition) is 2. The fourth-order valence-electron chi connectivity index (χ4n) is 2.70. The third-order valence-electron chi connectivity index (χ3n) is 4.05. The normalized spacial score (nSPS) is 17.4. The van der Waals surface area contributed by atoms with Crippen molar-refractivity contribution in [1.29, 1.82) is 0 Å². The largest absolute Gasteiger partial charge is 0.352 e. The van der Waals surface area contributed by atoms with Crippen LogP contribution >= 0.6 is 11.6 Å². The SMILES string of the molecule is C[C@@H](NC(=O)c1ccc(Cl)cc1)C(=O)NC1CCCCCC1. The van der Waals surface area contributed by atoms with E-state index in [1.807, 2.05) is 0 Å². The zero-order valence-corrected chi connectivity index (χ0v) is 13.7. The van der Waals surface area contributed by atoms with E-state index in [1.54, 1.807) is 31.2 Å². The van der Waals surface area contributed by atoms with E-state index in [9.17, 15) is 9.59 Å². The van der Waals surface area contributed by atoms with Crippen LogP contribution in [0.2, 0.25) is 5.02 Å². The minimum atomic E-state index is -0.550. The first-order valence-electron chi connectivity index (χ1n) is 7.93. The molecule has 0 radical (unpaired) electrons. The molecule has 0 spiro atoms. The molecule has 0 aromatic heterocycles. The third kappa shape index (κ3) is 5.02. The maximum atomic E-state index is 12.2. The topological polar surface area (TPSA) is 58.2 Å². The van der Waals surface area contributed by atoms with Crippen molar-refractivity contribution in [3.8, 4) is 0 Å². The van der Waals surface area contributed by atoms with E-state index in [0.29, 0.717) is 10.6 Å². The van der Waals surface area contributed by atoms with E-state index in [4.69, 9.17) is 11.6 Å². The van der Waals surface area contributed by atoms with Crippen molar-refractivity contribution in [1.82, 2.24) is 10.6 Å². The van der Waals surface area contributed by atoms with Gasteiger partial charge >= 0.3 is 0 Å². The predicted molar refractivity (Wildman–Crippen MR) is 88.0 cm³/mol. The van der Waals surface area contributed by atoms with Crippen LogP contribution < -0.4 is 10.6 Å². The van der Waals surface area contributed by atoms with Crippen LogP contribution in [0.25, 0.3) is 0 Å². The molecule has 5 heteroatoms. The lowest BCUT2D eigenvalue weighted by molar-refractivity contribution is -0.123. The summed E-state index contributed by atoms with van der Waals surface area (Å²) in [6.45, 7) is 1.71. The zero-order chi connectivity index (χ0) is 15.9. The smallest absolute Gasteiger partial charge is 0.251 e. The van der Waals surface area contributed by atoms with Crippen LogP contribution in [-0.4, -0.2) is 23.9 Å². The average Bonchev–Trinajstić information content (AvgIpc) is 2.76. The van der Waals surface area contributed by atoms with Crippen molar-refractivity contribution >= 4 is 23.4 Å². The van der Waals surface area contributed by atoms with E-state index in [0.717, 1.165) is 25.7 Å². The minimum Gasteiger partial charge on any atom is -0.352 e. The molecular weight excluding hydrogens is 300 g/mol. The second-order valence-electron chi connectivity index (χ2n) is 5.90. The number of halogens is 1. The Morgan fingerprint density at radius 1 is 1.09 bits per heavy atom. The summed E-state index contributed by atoms with van der Waals surface area (Å²) >= 11 is 5.80. The summed E-state index contributed by atoms with van der Waals surface area (Å²) in [5.74, 6) is -0.380. The van der Waals surface area contributed by atoms with Gasteiger partial charge in [0, 0.05) is 16.6 Å². The van der Waals surface area contributed by atoms with Gasteiger partial charge in [-0.1, -0.05) is 37.3 Å². The quantitative estimate of drug-likeness (QED) is 0.836. The van der Waals surface area contributed by atoms with Crippen LogP contribution in [0.5, 0.6) is 0 Å². The molecule has 2 amide bonds. The van der Waals surface area contributed by atoms with Crippen molar-refractivity contribution in [2.24, 2.45) is 0 Å². The van der Waals surface area contributed by atoms with Gasteiger partial charge in [-0.05, 0) is 44.0 Å². The molecule has 0 bridgehead atoms. The summed E-state index contributed by atoms with van der Waals surface area (Å²) in [6, 6.07) is 6.30. The molecule has 1 saturated carbocycles. The van der Waals surface area contributed by atoms with E-state index >= 15 is 0 Å². The first kappa shape index (κ1) is 16.8. The van der Waals surface area contributed by atoms with E-state index in [1.165, 1.54) is 12.8 Å². The Morgan fingerprint density at radius 2 is 1.68 bits per heavy atom. The molecule has 2 rings (SSSR count). The molecule has 1 aliphatic carbocycles. The molecule has 2 N–H and O–H groups in total. The number of rotatable bonds is 4. The van der Waals surface area contributed by atoms with Crippen LogP contribution in [0.1, 0.15) is 55.8 Å². The van der Waals surface area contributed by atoms with Crippen LogP contribution in [-0.2, 0) is 4.79 Å². The lowest BCUT2D eigenvalue weighted by Crippen LogP contribution is -2.48. The summed E-state index contributed by atoms with van der Waals surface area (Å²) in [6.07, 6.45) is 6.88. The third-order valence-corrected chi connectivity index (χ3v) is 4.30. The number of carbonyl (C=O) groups excluding carboxylic acids is 2. The second kappa shape index (κ2) is 8.18. The fraction of sp³-hybridized carbons (Fsp3) is 0.529. The molecular formula is C17H23ClN2O2. The summed E-state index contributed by atoms with van der Waals surface area (Å²) in [7, 11) is 0. The second-order valence-corrected chi connectivity index (χ2v) is 6.34. The summed E-state index contributed by atoms with van der Waals surface area (Å²) in [5, 5.41) is 6.36. The predicted octanol–water partition coefficient (Wildman–Crippen LogP) is 3.30. The lowest BCUT2D eigenvalue weighted by atomic mass is 10.1. The van der Waals surface area contributed by atoms with Gasteiger partial charge in [0.1, 0.15) is 6.04 Å². The van der Waals surface area contributed by atoms with E-state index in [2.05, 4.69) is 10.6 Å². The maximum absolute atomic E-state index is 12.2. The molecule has 22 heavy (non-hydrogen) atoms. The Balaban J connectivity index is 1.84. The van der Waals surface area contributed by atoms with Crippen molar-refractivity contribution < 1.29 is 9.59 Å². The number of amides is 2. The van der Waals surface area contributed by atoms with Crippen molar-refractivity contribution in [3.05, 3.63) is 34.9 Å². The number of benzene rings is 1. The highest BCUT2D eigenvalue weighted by atomic mass is 35.5. The summed E-state index contributed by atoms with van der Waals surface area (Å²) in [4.78, 5) is 24.3. The monoisotopic (exact) mass is 322 g/mol. The zero-order valence-electron chi connectivity index (χ0n) is 12.9. The first-order valence-corrected chi connectivity index (χ1v) is 8.31. The highest BCUT2D eigenvalue weighted by Crippen LogP contribution is 2.17. The molecule has 120 valence electrons. The van der Waals surface area contributed by atoms with E-state index < -0.39 is 6.04 Å². The van der Waals surface area contributed by atoms with Gasteiger partial charge in [-0.25, -0.2) is 0 Å². The molecule has 0 saturated heterocycles. The average molecular weight is 323 g/mol. The molecule has 0 aliphatic heterocycles. The van der Waals surface area contributed by atoms with Crippen molar-refractivity contribution in [3.63, 3.8) is 0 Å². The maximum Gasteiger partial charge on any atom is 0.251 e. The first-order chi connectivity index (χ1) is 10.6. The molecule has 0 heterocycles. The minimum absolute atomic E-state index is 0.116. The summed E-state index contributed by atoms with van der Waals surface area (Å²) < 4.78 is 0. The summed E-state index contributed by atoms with van der Waals surface area (Å²) in [5.41, 5.74) is 0.499. The van der Waals surface area contributed by atoms with Gasteiger partial charge in [-0.3, -0.25) is 9.59 Å². The van der Waals surface area contributed by atoms with Gasteiger partial charge in [-0.15, -0.1) is 0 Å². The van der Waals surface area contributed by atoms with Gasteiger partial charge in [0.05, 0.1) is 0 Å². The molecule has 1 aliphatic rings. The van der Waals surface area contributed by atoms with Gasteiger partial charge in [0.2, 0.25) is 5.91 Å². The van der Waals surface area contributed by atoms with Crippen LogP contribution in [0.15, 0.2) is 24.3 Å². The Hall–Kier alpha value is -1.55. The highest BCUT2D eigenvalue weighted by molar-refractivity contribution is 6.30. The fourth-order valence-corrected chi connectivity index (χ4v) is 2.82. The van der Waals surface area contributed by atoms with Crippen molar-refractivity contribution in [2.75, 3.05) is 0 Å². The Kier molecular flexibility index (Phi) is 6.25. The van der Waals surface area contributed by atoms with Gasteiger partial charge < -0.3 is 10.6 Å². The van der Waals surface area contributed by atoms with Gasteiger partial charge in [0.15, 0.2) is 0 Å². The molecule has 1 aromatic rings. The molecule has 1 atom stereocenters. The Morgan fingerprint density at radius 3 is 2.27 bits per heavy atom. The number of hydrogen-bond donors (Lipinski definition) is 2. The molecule has 1 aromatic carbocycles. The molecule has 1 fully saturated rings. The van der Waals surface area contributed by atoms with Crippen LogP contribution in [0, 0.1) is 0 Å². The highest BCUT2D eigenvalue weighted by Gasteiger charge is 2.20. The number of nitrogens with one attached hydrogen (secondary N) is 2. The van der Waals surface area contributed by atoms with Gasteiger partial charge in [-0.2, -0.15) is 0 Å².